The summed E-state index contributed by atoms with van der Waals surface area (Å²) in [4.78, 5) is 19.4. The van der Waals surface area contributed by atoms with Gasteiger partial charge in [0.2, 0.25) is 0 Å². The first-order chi connectivity index (χ1) is 7.65. The second kappa shape index (κ2) is 4.40. The Bertz CT molecular complexity index is 508. The Balaban J connectivity index is 2.11. The van der Waals surface area contributed by atoms with Gasteiger partial charge in [0, 0.05) is 6.20 Å². The first-order valence-corrected chi connectivity index (χ1v) is 5.17. The summed E-state index contributed by atoms with van der Waals surface area (Å²) in [6, 6.07) is 3.38. The molecular formula is C9H7BrN4O2. The van der Waals surface area contributed by atoms with Gasteiger partial charge in [0.05, 0.1) is 5.56 Å². The van der Waals surface area contributed by atoms with Crippen molar-refractivity contribution in [1.29, 1.82) is 0 Å². The van der Waals surface area contributed by atoms with Gasteiger partial charge in [-0.15, -0.1) is 0 Å². The van der Waals surface area contributed by atoms with Crippen LogP contribution in [0.15, 0.2) is 27.5 Å². The van der Waals surface area contributed by atoms with E-state index in [2.05, 4.69) is 36.4 Å². The number of anilines is 1. The van der Waals surface area contributed by atoms with Gasteiger partial charge in [-0.2, -0.15) is 4.98 Å². The highest BCUT2D eigenvalue weighted by atomic mass is 79.9. The van der Waals surface area contributed by atoms with Crippen LogP contribution in [-0.2, 0) is 0 Å². The summed E-state index contributed by atoms with van der Waals surface area (Å²) in [5.74, 6) is 0.118. The molecule has 7 heteroatoms. The van der Waals surface area contributed by atoms with E-state index < -0.39 is 0 Å². The average molecular weight is 283 g/mol. The van der Waals surface area contributed by atoms with Crippen molar-refractivity contribution in [2.24, 2.45) is 0 Å². The van der Waals surface area contributed by atoms with Gasteiger partial charge in [-0.05, 0) is 35.0 Å². The van der Waals surface area contributed by atoms with Gasteiger partial charge in [0.25, 0.3) is 5.91 Å². The smallest absolute Gasteiger partial charge is 0.315 e. The van der Waals surface area contributed by atoms with Gasteiger partial charge in [-0.1, -0.05) is 5.16 Å². The molecule has 1 N–H and O–H groups in total. The minimum atomic E-state index is -0.344. The lowest BCUT2D eigenvalue weighted by Gasteiger charge is -1.99. The van der Waals surface area contributed by atoms with Crippen molar-refractivity contribution in [2.45, 2.75) is 6.92 Å². The number of nitrogens with one attached hydrogen (secondary N) is 1. The molecule has 6 nitrogen and oxygen atoms in total. The summed E-state index contributed by atoms with van der Waals surface area (Å²) in [5, 5.41) is 6.02. The van der Waals surface area contributed by atoms with E-state index in [-0.39, 0.29) is 11.9 Å². The van der Waals surface area contributed by atoms with Crippen LogP contribution >= 0.6 is 15.9 Å². The van der Waals surface area contributed by atoms with Crippen LogP contribution in [0.2, 0.25) is 0 Å². The Morgan fingerprint density at radius 2 is 2.31 bits per heavy atom. The van der Waals surface area contributed by atoms with Crippen molar-refractivity contribution >= 4 is 27.9 Å². The predicted octanol–water partition coefficient (Wildman–Crippen LogP) is 1.79. The molecule has 0 aromatic carbocycles. The molecule has 1 amide bonds. The molecule has 2 aromatic heterocycles. The van der Waals surface area contributed by atoms with Gasteiger partial charge in [-0.25, -0.2) is 4.98 Å². The third-order valence-corrected chi connectivity index (χ3v) is 2.21. The number of amides is 1. The maximum atomic E-state index is 11.6. The first-order valence-electron chi connectivity index (χ1n) is 4.38. The Morgan fingerprint density at radius 3 is 2.88 bits per heavy atom. The molecule has 0 aliphatic carbocycles. The summed E-state index contributed by atoms with van der Waals surface area (Å²) >= 11 is 3.18. The van der Waals surface area contributed by atoms with Crippen molar-refractivity contribution in [2.75, 3.05) is 5.32 Å². The van der Waals surface area contributed by atoms with Crippen molar-refractivity contribution in [3.05, 3.63) is 34.3 Å². The molecular weight excluding hydrogens is 276 g/mol. The van der Waals surface area contributed by atoms with E-state index in [1.807, 2.05) is 0 Å². The summed E-state index contributed by atoms with van der Waals surface area (Å²) < 4.78 is 5.42. The average Bonchev–Trinajstić information content (AvgIpc) is 2.65. The molecule has 2 aromatic rings. The van der Waals surface area contributed by atoms with Crippen LogP contribution in [0.1, 0.15) is 16.2 Å². The molecule has 0 unspecified atom stereocenters. The molecule has 0 spiro atoms. The lowest BCUT2D eigenvalue weighted by atomic mass is 10.3. The summed E-state index contributed by atoms with van der Waals surface area (Å²) in [5.41, 5.74) is 0.416. The molecule has 0 fully saturated rings. The largest absolute Gasteiger partial charge is 0.328 e. The van der Waals surface area contributed by atoms with E-state index in [0.717, 1.165) is 0 Å². The Morgan fingerprint density at radius 1 is 1.50 bits per heavy atom. The second-order valence-corrected chi connectivity index (χ2v) is 3.78. The van der Waals surface area contributed by atoms with Gasteiger partial charge in [-0.3, -0.25) is 10.1 Å². The molecule has 2 rings (SSSR count). The normalized spacial score (nSPS) is 10.1. The number of hydrogen-bond donors (Lipinski definition) is 1. The van der Waals surface area contributed by atoms with E-state index in [0.29, 0.717) is 16.0 Å². The maximum Gasteiger partial charge on any atom is 0.328 e. The lowest BCUT2D eigenvalue weighted by molar-refractivity contribution is 0.102. The third-order valence-electron chi connectivity index (χ3n) is 1.74. The molecule has 0 radical (unpaired) electrons. The van der Waals surface area contributed by atoms with Gasteiger partial charge >= 0.3 is 6.01 Å². The molecule has 0 saturated carbocycles. The summed E-state index contributed by atoms with van der Waals surface area (Å²) in [7, 11) is 0. The zero-order valence-electron chi connectivity index (χ0n) is 8.27. The van der Waals surface area contributed by atoms with Gasteiger partial charge in [0.1, 0.15) is 4.60 Å². The molecule has 0 aliphatic heterocycles. The van der Waals surface area contributed by atoms with E-state index in [1.54, 1.807) is 19.1 Å². The van der Waals surface area contributed by atoms with Crippen molar-refractivity contribution in [3.63, 3.8) is 0 Å². The standard InChI is InChI=1S/C9H7BrN4O2/c1-5-12-9(16-14-5)13-8(15)6-2-3-7(10)11-4-6/h2-4H,1H3,(H,12,13,14,15). The quantitative estimate of drug-likeness (QED) is 0.850. The van der Waals surface area contributed by atoms with E-state index in [4.69, 9.17) is 4.52 Å². The SMILES string of the molecule is Cc1noc(NC(=O)c2ccc(Br)nc2)n1. The molecule has 2 heterocycles. The Kier molecular flexibility index (Phi) is 2.95. The van der Waals surface area contributed by atoms with Crippen molar-refractivity contribution in [3.8, 4) is 0 Å². The van der Waals surface area contributed by atoms with Crippen LogP contribution in [0.4, 0.5) is 6.01 Å². The topological polar surface area (TPSA) is 80.9 Å². The van der Waals surface area contributed by atoms with E-state index in [9.17, 15) is 4.79 Å². The molecule has 82 valence electrons. The van der Waals surface area contributed by atoms with Crippen LogP contribution in [0.25, 0.3) is 0 Å². The minimum Gasteiger partial charge on any atom is -0.315 e. The highest BCUT2D eigenvalue weighted by Gasteiger charge is 2.10. The molecule has 0 aliphatic rings. The minimum absolute atomic E-state index is 0.0745. The highest BCUT2D eigenvalue weighted by Crippen LogP contribution is 2.09. The van der Waals surface area contributed by atoms with Crippen molar-refractivity contribution in [1.82, 2.24) is 15.1 Å². The van der Waals surface area contributed by atoms with Crippen LogP contribution in [-0.4, -0.2) is 21.0 Å². The molecule has 0 saturated heterocycles. The van der Waals surface area contributed by atoms with Crippen LogP contribution in [0.3, 0.4) is 0 Å². The molecule has 0 atom stereocenters. The third kappa shape index (κ3) is 2.43. The monoisotopic (exact) mass is 282 g/mol. The summed E-state index contributed by atoms with van der Waals surface area (Å²) in [6.45, 7) is 1.67. The number of rotatable bonds is 2. The number of carbonyl (C=O) groups is 1. The molecule has 0 bridgehead atoms. The fourth-order valence-electron chi connectivity index (χ4n) is 1.03. The van der Waals surface area contributed by atoms with Crippen molar-refractivity contribution < 1.29 is 9.32 Å². The maximum absolute atomic E-state index is 11.6. The van der Waals surface area contributed by atoms with E-state index in [1.165, 1.54) is 6.20 Å². The number of aromatic nitrogens is 3. The first kappa shape index (κ1) is 10.7. The number of nitrogens with zero attached hydrogens (tertiary/aromatic N) is 3. The van der Waals surface area contributed by atoms with Crippen LogP contribution < -0.4 is 5.32 Å². The van der Waals surface area contributed by atoms with Gasteiger partial charge in [0.15, 0.2) is 5.82 Å². The van der Waals surface area contributed by atoms with E-state index >= 15 is 0 Å². The Hall–Kier alpha value is -1.76. The van der Waals surface area contributed by atoms with Gasteiger partial charge < -0.3 is 4.52 Å². The predicted molar refractivity (Wildman–Crippen MR) is 58.9 cm³/mol. The molecule has 16 heavy (non-hydrogen) atoms. The fourth-order valence-corrected chi connectivity index (χ4v) is 1.26. The van der Waals surface area contributed by atoms with Crippen LogP contribution in [0.5, 0.6) is 0 Å². The zero-order chi connectivity index (χ0) is 11.5. The zero-order valence-corrected chi connectivity index (χ0v) is 9.85. The van der Waals surface area contributed by atoms with Crippen LogP contribution in [0, 0.1) is 6.92 Å². The number of carbonyl (C=O) groups excluding carboxylic acids is 1. The number of pyridine rings is 1. The Labute approximate surface area is 99.2 Å². The number of hydrogen-bond acceptors (Lipinski definition) is 5. The summed E-state index contributed by atoms with van der Waals surface area (Å²) in [6.07, 6.45) is 1.45. The fraction of sp³-hybridized carbons (Fsp3) is 0.111. The number of halogens is 1. The highest BCUT2D eigenvalue weighted by molar-refractivity contribution is 9.10. The lowest BCUT2D eigenvalue weighted by Crippen LogP contribution is -2.12. The number of aryl methyl sites for hydroxylation is 1. The second-order valence-electron chi connectivity index (χ2n) is 2.97.